The second kappa shape index (κ2) is 8.31. The number of likely N-dealkylation sites (tertiary alicyclic amines) is 1. The van der Waals surface area contributed by atoms with Gasteiger partial charge in [-0.2, -0.15) is 0 Å². The summed E-state index contributed by atoms with van der Waals surface area (Å²) in [5, 5.41) is 6.03. The van der Waals surface area contributed by atoms with E-state index in [4.69, 9.17) is 9.47 Å². The fourth-order valence-electron chi connectivity index (χ4n) is 3.63. The SMILES string of the molecule is COC(=O)[C@H](CN1CC[C@@H]2CNC[C@H]21)NC(=O)OCc1ccccc1. The van der Waals surface area contributed by atoms with Crippen LogP contribution in [-0.4, -0.2) is 62.3 Å². The molecule has 0 aromatic heterocycles. The van der Waals surface area contributed by atoms with Crippen molar-refractivity contribution in [2.24, 2.45) is 5.92 Å². The molecule has 7 nitrogen and oxygen atoms in total. The summed E-state index contributed by atoms with van der Waals surface area (Å²) >= 11 is 0. The zero-order valence-corrected chi connectivity index (χ0v) is 14.4. The molecule has 2 aliphatic heterocycles. The number of rotatable bonds is 6. The van der Waals surface area contributed by atoms with E-state index < -0.39 is 18.1 Å². The monoisotopic (exact) mass is 347 g/mol. The van der Waals surface area contributed by atoms with E-state index in [1.165, 1.54) is 7.11 Å². The molecule has 2 fully saturated rings. The molecule has 3 atom stereocenters. The number of carbonyl (C=O) groups is 2. The van der Waals surface area contributed by atoms with Gasteiger partial charge in [-0.25, -0.2) is 9.59 Å². The highest BCUT2D eigenvalue weighted by molar-refractivity contribution is 5.81. The first-order valence-corrected chi connectivity index (χ1v) is 8.67. The first kappa shape index (κ1) is 17.7. The van der Waals surface area contributed by atoms with E-state index in [1.54, 1.807) is 0 Å². The van der Waals surface area contributed by atoms with Crippen LogP contribution in [0.4, 0.5) is 4.79 Å². The van der Waals surface area contributed by atoms with Crippen LogP contribution in [0.5, 0.6) is 0 Å². The van der Waals surface area contributed by atoms with Gasteiger partial charge in [0.1, 0.15) is 12.6 Å². The number of hydrogen-bond donors (Lipinski definition) is 2. The molecule has 1 aromatic rings. The zero-order chi connectivity index (χ0) is 17.6. The minimum atomic E-state index is -0.729. The number of hydrogen-bond acceptors (Lipinski definition) is 6. The summed E-state index contributed by atoms with van der Waals surface area (Å²) in [4.78, 5) is 26.4. The Morgan fingerprint density at radius 1 is 1.32 bits per heavy atom. The molecule has 0 radical (unpaired) electrons. The Bertz CT molecular complexity index is 595. The van der Waals surface area contributed by atoms with Crippen molar-refractivity contribution in [3.63, 3.8) is 0 Å². The van der Waals surface area contributed by atoms with Gasteiger partial charge in [-0.15, -0.1) is 0 Å². The Morgan fingerprint density at radius 2 is 2.12 bits per heavy atom. The van der Waals surface area contributed by atoms with Crippen LogP contribution in [0.2, 0.25) is 0 Å². The van der Waals surface area contributed by atoms with E-state index in [9.17, 15) is 9.59 Å². The predicted octanol–water partition coefficient (Wildman–Crippen LogP) is 0.748. The van der Waals surface area contributed by atoms with Crippen LogP contribution >= 0.6 is 0 Å². The van der Waals surface area contributed by atoms with Crippen LogP contribution in [-0.2, 0) is 20.9 Å². The van der Waals surface area contributed by atoms with Crippen molar-refractivity contribution in [2.45, 2.75) is 25.1 Å². The van der Waals surface area contributed by atoms with Gasteiger partial charge in [-0.3, -0.25) is 4.90 Å². The lowest BCUT2D eigenvalue weighted by molar-refractivity contribution is -0.143. The third kappa shape index (κ3) is 4.49. The van der Waals surface area contributed by atoms with E-state index in [0.29, 0.717) is 18.5 Å². The van der Waals surface area contributed by atoms with Crippen molar-refractivity contribution in [3.05, 3.63) is 35.9 Å². The Kier molecular flexibility index (Phi) is 5.88. The third-order valence-corrected chi connectivity index (χ3v) is 4.97. The molecule has 2 saturated heterocycles. The van der Waals surface area contributed by atoms with Crippen molar-refractivity contribution < 1.29 is 19.1 Å². The summed E-state index contributed by atoms with van der Waals surface area (Å²) in [6, 6.07) is 9.12. The van der Waals surface area contributed by atoms with Gasteiger partial charge in [-0.05, 0) is 31.0 Å². The van der Waals surface area contributed by atoms with Crippen LogP contribution in [0.25, 0.3) is 0 Å². The van der Waals surface area contributed by atoms with Crippen molar-refractivity contribution in [3.8, 4) is 0 Å². The van der Waals surface area contributed by atoms with Crippen molar-refractivity contribution >= 4 is 12.1 Å². The average Bonchev–Trinajstić information content (AvgIpc) is 3.24. The number of benzene rings is 1. The fourth-order valence-corrected chi connectivity index (χ4v) is 3.63. The molecule has 2 heterocycles. The molecule has 2 aliphatic rings. The van der Waals surface area contributed by atoms with Crippen molar-refractivity contribution in [2.75, 3.05) is 33.3 Å². The molecule has 1 amide bonds. The Labute approximate surface area is 147 Å². The van der Waals surface area contributed by atoms with E-state index in [1.807, 2.05) is 30.3 Å². The largest absolute Gasteiger partial charge is 0.467 e. The van der Waals surface area contributed by atoms with Crippen LogP contribution in [0.15, 0.2) is 30.3 Å². The van der Waals surface area contributed by atoms with Crippen LogP contribution < -0.4 is 10.6 Å². The Morgan fingerprint density at radius 3 is 2.88 bits per heavy atom. The number of ether oxygens (including phenoxy) is 2. The molecule has 0 bridgehead atoms. The van der Waals surface area contributed by atoms with Gasteiger partial charge in [0.25, 0.3) is 0 Å². The Hall–Kier alpha value is -2.12. The number of nitrogens with zero attached hydrogens (tertiary/aromatic N) is 1. The molecule has 136 valence electrons. The maximum absolute atomic E-state index is 12.1. The molecule has 0 unspecified atom stereocenters. The number of nitrogens with one attached hydrogen (secondary N) is 2. The number of alkyl carbamates (subject to hydrolysis) is 1. The number of carbonyl (C=O) groups excluding carboxylic acids is 2. The second-order valence-electron chi connectivity index (χ2n) is 6.55. The van der Waals surface area contributed by atoms with Gasteiger partial charge in [0.15, 0.2) is 0 Å². The molecular weight excluding hydrogens is 322 g/mol. The van der Waals surface area contributed by atoms with Gasteiger partial charge in [-0.1, -0.05) is 30.3 Å². The average molecular weight is 347 g/mol. The summed E-state index contributed by atoms with van der Waals surface area (Å²) in [5.74, 6) is 0.175. The zero-order valence-electron chi connectivity index (χ0n) is 14.4. The highest BCUT2D eigenvalue weighted by Crippen LogP contribution is 2.27. The predicted molar refractivity (Wildman–Crippen MR) is 91.9 cm³/mol. The fraction of sp³-hybridized carbons (Fsp3) is 0.556. The highest BCUT2D eigenvalue weighted by Gasteiger charge is 2.39. The summed E-state index contributed by atoms with van der Waals surface area (Å²) in [6.07, 6.45) is 0.504. The number of esters is 1. The Balaban J connectivity index is 1.53. The molecule has 3 rings (SSSR count). The summed E-state index contributed by atoms with van der Waals surface area (Å²) in [7, 11) is 1.33. The van der Waals surface area contributed by atoms with Crippen molar-refractivity contribution in [1.82, 2.24) is 15.5 Å². The summed E-state index contributed by atoms with van der Waals surface area (Å²) < 4.78 is 10.1. The second-order valence-corrected chi connectivity index (χ2v) is 6.55. The molecule has 0 spiro atoms. The maximum Gasteiger partial charge on any atom is 0.408 e. The topological polar surface area (TPSA) is 79.9 Å². The molecular formula is C18H25N3O4. The van der Waals surface area contributed by atoms with Gasteiger partial charge >= 0.3 is 12.1 Å². The minimum Gasteiger partial charge on any atom is -0.467 e. The minimum absolute atomic E-state index is 0.166. The molecule has 25 heavy (non-hydrogen) atoms. The van der Waals surface area contributed by atoms with Crippen LogP contribution in [0, 0.1) is 5.92 Å². The van der Waals surface area contributed by atoms with Gasteiger partial charge < -0.3 is 20.1 Å². The van der Waals surface area contributed by atoms with Gasteiger partial charge in [0, 0.05) is 19.1 Å². The lowest BCUT2D eigenvalue weighted by Crippen LogP contribution is -2.51. The normalized spacial score (nSPS) is 23.7. The van der Waals surface area contributed by atoms with E-state index in [2.05, 4.69) is 15.5 Å². The molecule has 0 aliphatic carbocycles. The summed E-state index contributed by atoms with van der Waals surface area (Å²) in [5.41, 5.74) is 0.895. The number of methoxy groups -OCH3 is 1. The molecule has 0 saturated carbocycles. The van der Waals surface area contributed by atoms with E-state index >= 15 is 0 Å². The molecule has 7 heteroatoms. The first-order chi connectivity index (χ1) is 12.2. The third-order valence-electron chi connectivity index (χ3n) is 4.97. The molecule has 2 N–H and O–H groups in total. The number of amides is 1. The number of fused-ring (bicyclic) bond motifs is 1. The van der Waals surface area contributed by atoms with Crippen LogP contribution in [0.1, 0.15) is 12.0 Å². The van der Waals surface area contributed by atoms with Crippen molar-refractivity contribution in [1.29, 1.82) is 0 Å². The van der Waals surface area contributed by atoms with Gasteiger partial charge in [0.2, 0.25) is 0 Å². The van der Waals surface area contributed by atoms with E-state index in [-0.39, 0.29) is 6.61 Å². The quantitative estimate of drug-likeness (QED) is 0.739. The standard InChI is InChI=1S/C18H25N3O4/c1-24-17(22)15(11-21-8-7-14-9-19-10-16(14)21)20-18(23)25-12-13-5-3-2-4-6-13/h2-6,14-16,19H,7-12H2,1H3,(H,20,23)/t14-,15+,16-/m1/s1. The lowest BCUT2D eigenvalue weighted by atomic mass is 10.1. The highest BCUT2D eigenvalue weighted by atomic mass is 16.6. The van der Waals surface area contributed by atoms with Gasteiger partial charge in [0.05, 0.1) is 7.11 Å². The van der Waals surface area contributed by atoms with E-state index in [0.717, 1.165) is 31.6 Å². The maximum atomic E-state index is 12.1. The molecule has 1 aromatic carbocycles. The lowest BCUT2D eigenvalue weighted by Gasteiger charge is -2.27. The first-order valence-electron chi connectivity index (χ1n) is 8.67. The summed E-state index contributed by atoms with van der Waals surface area (Å²) in [6.45, 7) is 3.49. The smallest absolute Gasteiger partial charge is 0.408 e. The van der Waals surface area contributed by atoms with Crippen LogP contribution in [0.3, 0.4) is 0 Å².